The van der Waals surface area contributed by atoms with E-state index in [1.807, 2.05) is 30.4 Å². The fraction of sp³-hybridized carbons (Fsp3) is 0.651. The number of hydrogen-bond donors (Lipinski definition) is 3. The molecule has 0 bridgehead atoms. The summed E-state index contributed by atoms with van der Waals surface area (Å²) in [6.07, 6.45) is 12.0. The quantitative estimate of drug-likeness (QED) is 0.121. The first-order valence-electron chi connectivity index (χ1n) is 21.3. The molecule has 2 saturated heterocycles. The number of fused-ring (bicyclic) bond motifs is 2. The molecule has 6 aliphatic rings. The third-order valence-electron chi connectivity index (χ3n) is 12.8. The molecule has 8 atom stereocenters. The van der Waals surface area contributed by atoms with Crippen LogP contribution in [0.1, 0.15) is 88.7 Å². The molecule has 14 nitrogen and oxygen atoms in total. The van der Waals surface area contributed by atoms with E-state index in [4.69, 9.17) is 46.4 Å². The standard InChI is InChI=1S/C43H56ClN5O9/c44-38-36(56-17-14-48-12-15-55-16-13-48)11-10-31-37(23-34(25-8-9-25)46-39(31)38)57-30-22-35(40(45)50)49(24-30)41(51)33(47-43(54)58-29-19-27-18-28(27)20-29)7-5-3-1-2-4-6-26-21-32(26)42(52)53/h4,6,10-11,23,25-30,32-33,35H,1-3,5,7-9,12-22,24H2,(H2,45,50)(H,47,54)(H,52,53)/b6-4-/t26-,27-,28+,29+,30-,32+,33+,35+/m1/s1. The number of likely N-dealkylation sites (tertiary alicyclic amines) is 1. The first-order valence-corrected chi connectivity index (χ1v) is 21.7. The molecule has 15 heteroatoms. The van der Waals surface area contributed by atoms with Crippen molar-refractivity contribution < 1.29 is 43.2 Å². The Bertz CT molecular complexity index is 1880. The zero-order valence-corrected chi connectivity index (χ0v) is 33.8. The van der Waals surface area contributed by atoms with Crippen LogP contribution >= 0.6 is 11.6 Å². The second kappa shape index (κ2) is 18.0. The van der Waals surface area contributed by atoms with Gasteiger partial charge in [-0.2, -0.15) is 0 Å². The van der Waals surface area contributed by atoms with E-state index in [-0.39, 0.29) is 30.9 Å². The molecular formula is C43H56ClN5O9. The van der Waals surface area contributed by atoms with Crippen molar-refractivity contribution in [1.29, 1.82) is 0 Å². The second-order valence-electron chi connectivity index (χ2n) is 17.1. The van der Waals surface area contributed by atoms with Crippen LogP contribution in [0.15, 0.2) is 30.4 Å². The number of hydrogen-bond acceptors (Lipinski definition) is 10. The zero-order chi connectivity index (χ0) is 40.3. The maximum atomic E-state index is 14.3. The fourth-order valence-corrected chi connectivity index (χ4v) is 9.28. The minimum atomic E-state index is -0.923. The van der Waals surface area contributed by atoms with Crippen LogP contribution in [0.4, 0.5) is 4.79 Å². The highest BCUT2D eigenvalue weighted by Crippen LogP contribution is 2.52. The minimum absolute atomic E-state index is 0.105. The molecule has 4 saturated carbocycles. The number of nitrogens with two attached hydrogens (primary N) is 1. The predicted octanol–water partition coefficient (Wildman–Crippen LogP) is 5.43. The number of alkyl carbamates (subject to hydrolysis) is 1. The highest BCUT2D eigenvalue weighted by atomic mass is 35.5. The van der Waals surface area contributed by atoms with Gasteiger partial charge >= 0.3 is 12.1 Å². The number of nitrogens with one attached hydrogen (secondary N) is 1. The molecule has 2 aliphatic heterocycles. The normalized spacial score (nSPS) is 28.3. The summed E-state index contributed by atoms with van der Waals surface area (Å²) in [6.45, 7) is 4.50. The molecule has 2 aromatic rings. The van der Waals surface area contributed by atoms with Crippen molar-refractivity contribution in [3.05, 3.63) is 41.1 Å². The van der Waals surface area contributed by atoms with Crippen LogP contribution in [0.5, 0.6) is 11.5 Å². The van der Waals surface area contributed by atoms with Crippen LogP contribution in [0.25, 0.3) is 10.9 Å². The van der Waals surface area contributed by atoms with Crippen LogP contribution in [0.2, 0.25) is 5.02 Å². The lowest BCUT2D eigenvalue weighted by atomic mass is 10.0. The molecule has 314 valence electrons. The molecule has 58 heavy (non-hydrogen) atoms. The molecule has 3 heterocycles. The number of carboxylic acids is 1. The van der Waals surface area contributed by atoms with E-state index < -0.39 is 42.1 Å². The van der Waals surface area contributed by atoms with Crippen LogP contribution < -0.4 is 20.5 Å². The van der Waals surface area contributed by atoms with Crippen LogP contribution in [-0.2, 0) is 23.9 Å². The molecule has 0 spiro atoms. The third kappa shape index (κ3) is 9.99. The topological polar surface area (TPSA) is 183 Å². The van der Waals surface area contributed by atoms with E-state index in [9.17, 15) is 19.2 Å². The number of allylic oxidation sites excluding steroid dienone is 2. The van der Waals surface area contributed by atoms with Crippen molar-refractivity contribution in [2.75, 3.05) is 46.0 Å². The van der Waals surface area contributed by atoms with E-state index in [0.717, 1.165) is 70.3 Å². The number of primary amides is 1. The summed E-state index contributed by atoms with van der Waals surface area (Å²) >= 11 is 6.97. The molecule has 4 aliphatic carbocycles. The maximum absolute atomic E-state index is 14.3. The molecule has 8 rings (SSSR count). The Kier molecular flexibility index (Phi) is 12.6. The lowest BCUT2D eigenvalue weighted by molar-refractivity contribution is -0.139. The summed E-state index contributed by atoms with van der Waals surface area (Å²) in [5, 5.41) is 13.1. The van der Waals surface area contributed by atoms with Crippen molar-refractivity contribution in [1.82, 2.24) is 20.1 Å². The number of halogens is 1. The van der Waals surface area contributed by atoms with Crippen molar-refractivity contribution in [3.8, 4) is 11.5 Å². The Labute approximate surface area is 344 Å². The van der Waals surface area contributed by atoms with E-state index in [1.54, 1.807) is 0 Å². The number of rotatable bonds is 19. The summed E-state index contributed by atoms with van der Waals surface area (Å²) in [7, 11) is 0. The van der Waals surface area contributed by atoms with Gasteiger partial charge in [0.1, 0.15) is 47.4 Å². The first kappa shape index (κ1) is 40.6. The van der Waals surface area contributed by atoms with Gasteiger partial charge in [-0.25, -0.2) is 4.79 Å². The van der Waals surface area contributed by atoms with Gasteiger partial charge in [0.15, 0.2) is 0 Å². The third-order valence-corrected chi connectivity index (χ3v) is 13.1. The average Bonchev–Trinajstić information content (AvgIpc) is 4.16. The number of benzene rings is 1. The summed E-state index contributed by atoms with van der Waals surface area (Å²) < 4.78 is 24.0. The molecule has 3 amide bonds. The van der Waals surface area contributed by atoms with Gasteiger partial charge in [0, 0.05) is 49.1 Å². The molecular weight excluding hydrogens is 766 g/mol. The van der Waals surface area contributed by atoms with Gasteiger partial charge in [0.25, 0.3) is 0 Å². The van der Waals surface area contributed by atoms with E-state index in [0.29, 0.717) is 84.3 Å². The van der Waals surface area contributed by atoms with Crippen molar-refractivity contribution in [2.45, 2.75) is 107 Å². The second-order valence-corrected chi connectivity index (χ2v) is 17.5. The predicted molar refractivity (Wildman–Crippen MR) is 215 cm³/mol. The van der Waals surface area contributed by atoms with Gasteiger partial charge in [-0.15, -0.1) is 0 Å². The van der Waals surface area contributed by atoms with Crippen molar-refractivity contribution in [3.63, 3.8) is 0 Å². The van der Waals surface area contributed by atoms with E-state index in [1.165, 1.54) is 11.3 Å². The number of amides is 3. The molecule has 6 fully saturated rings. The summed E-state index contributed by atoms with van der Waals surface area (Å²) in [5.41, 5.74) is 7.38. The zero-order valence-electron chi connectivity index (χ0n) is 33.0. The molecule has 0 unspecified atom stereocenters. The Morgan fingerprint density at radius 3 is 2.53 bits per heavy atom. The summed E-state index contributed by atoms with van der Waals surface area (Å²) in [5.74, 6) is 0.746. The largest absolute Gasteiger partial charge is 0.491 e. The van der Waals surface area contributed by atoms with Crippen LogP contribution in [0.3, 0.4) is 0 Å². The van der Waals surface area contributed by atoms with Gasteiger partial charge in [-0.05, 0) is 87.7 Å². The number of aliphatic carboxylic acids is 1. The SMILES string of the molecule is NC(=O)[C@@H]1C[C@@H](Oc2cc(C3CC3)nc3c(Cl)c(OCCN4CCOCC4)ccc23)CN1C(=O)[C@H](CCCCC/C=C\[C@@H]1C[C@@H]1C(=O)O)NC(=O)O[C@@H]1C[C@@H]2C[C@@H]2C1. The molecule has 0 radical (unpaired) electrons. The Hall–Kier alpha value is -4.14. The lowest BCUT2D eigenvalue weighted by Gasteiger charge is -2.28. The van der Waals surface area contributed by atoms with Crippen molar-refractivity contribution in [2.24, 2.45) is 29.4 Å². The maximum Gasteiger partial charge on any atom is 0.408 e. The van der Waals surface area contributed by atoms with Crippen LogP contribution in [0, 0.1) is 23.7 Å². The Morgan fingerprint density at radius 2 is 1.81 bits per heavy atom. The summed E-state index contributed by atoms with van der Waals surface area (Å²) in [4.78, 5) is 60.2. The van der Waals surface area contributed by atoms with Gasteiger partial charge < -0.3 is 40.0 Å². The monoisotopic (exact) mass is 821 g/mol. The molecule has 4 N–H and O–H groups in total. The highest BCUT2D eigenvalue weighted by Gasteiger charge is 2.48. The number of unbranched alkanes of at least 4 members (excludes halogenated alkanes) is 3. The molecule has 1 aromatic heterocycles. The average molecular weight is 822 g/mol. The number of pyridine rings is 1. The first-order chi connectivity index (χ1) is 28.1. The smallest absolute Gasteiger partial charge is 0.408 e. The highest BCUT2D eigenvalue weighted by molar-refractivity contribution is 6.36. The Morgan fingerprint density at radius 1 is 1.02 bits per heavy atom. The van der Waals surface area contributed by atoms with Gasteiger partial charge in [0.05, 0.1) is 31.2 Å². The van der Waals surface area contributed by atoms with Gasteiger partial charge in [-0.3, -0.25) is 24.3 Å². The number of nitrogens with zero attached hydrogens (tertiary/aromatic N) is 3. The number of morpholine rings is 1. The van der Waals surface area contributed by atoms with Crippen LogP contribution in [-0.4, -0.2) is 114 Å². The lowest BCUT2D eigenvalue weighted by Crippen LogP contribution is -2.53. The number of carbonyl (C=O) groups excluding carboxylic acids is 3. The number of ether oxygens (including phenoxy) is 4. The fourth-order valence-electron chi connectivity index (χ4n) is 9.02. The number of aromatic nitrogens is 1. The number of carbonyl (C=O) groups is 4. The Balaban J connectivity index is 0.928. The van der Waals surface area contributed by atoms with Crippen molar-refractivity contribution >= 4 is 46.4 Å². The number of carboxylic acid groups (broad SMARTS) is 1. The summed E-state index contributed by atoms with van der Waals surface area (Å²) in [6, 6.07) is 3.83. The van der Waals surface area contributed by atoms with Gasteiger partial charge in [-0.1, -0.05) is 36.6 Å². The minimum Gasteiger partial charge on any atom is -0.491 e. The van der Waals surface area contributed by atoms with E-state index >= 15 is 0 Å². The molecule has 1 aromatic carbocycles. The van der Waals surface area contributed by atoms with E-state index in [2.05, 4.69) is 10.2 Å². The van der Waals surface area contributed by atoms with Gasteiger partial charge in [0.2, 0.25) is 11.8 Å².